The van der Waals surface area contributed by atoms with Crippen LogP contribution in [0.5, 0.6) is 0 Å². The first-order valence-electron chi connectivity index (χ1n) is 15.7. The molecule has 5 rings (SSSR count). The molecule has 1 aliphatic heterocycles. The van der Waals surface area contributed by atoms with E-state index >= 15 is 0 Å². The summed E-state index contributed by atoms with van der Waals surface area (Å²) < 4.78 is 23.7. The molecule has 0 aromatic heterocycles. The molecule has 11 atom stereocenters. The molecular weight excluding hydrogens is 542 g/mol. The Kier molecular flexibility index (Phi) is 9.38. The first kappa shape index (κ1) is 31.4. The van der Waals surface area contributed by atoms with Gasteiger partial charge in [0.1, 0.15) is 6.10 Å². The van der Waals surface area contributed by atoms with Crippen molar-refractivity contribution in [3.63, 3.8) is 0 Å². The van der Waals surface area contributed by atoms with Gasteiger partial charge in [0, 0.05) is 24.4 Å². The van der Waals surface area contributed by atoms with Crippen LogP contribution in [0.25, 0.3) is 0 Å². The molecule has 5 aliphatic rings. The van der Waals surface area contributed by atoms with Gasteiger partial charge >= 0.3 is 12.1 Å². The molecule has 4 aliphatic carbocycles. The van der Waals surface area contributed by atoms with Crippen molar-refractivity contribution in [2.75, 3.05) is 47.6 Å². The van der Waals surface area contributed by atoms with Crippen LogP contribution < -0.4 is 0 Å². The number of likely N-dealkylation sites (N-methyl/N-ethyl adjacent to an activating group) is 1. The molecule has 236 valence electrons. The average molecular weight is 592 g/mol. The number of ether oxygens (including phenoxy) is 4. The third-order valence-corrected chi connectivity index (χ3v) is 11.3. The minimum atomic E-state index is -1.34. The molecule has 4 fully saturated rings. The van der Waals surface area contributed by atoms with Crippen LogP contribution in [0.4, 0.5) is 4.79 Å². The van der Waals surface area contributed by atoms with E-state index in [2.05, 4.69) is 13.8 Å². The molecule has 0 aromatic carbocycles. The molecule has 0 spiro atoms. The smallest absolute Gasteiger partial charge is 0.481 e. The maximum atomic E-state index is 13.9. The standard InChI is InChI=1S/C32H49NO9/c1-17(2)10-18-6-7-21-20-8-9-23-22-15-40-16-32(23,24(20)11-25(34)28(21)27(18)30(35)36)12-26(42-31(37)38)29(22)41-14-19(13-39-5)33(3)4/h11,17-23,26-29H,6-10,12-16H2,1-5H3,(H,35,36)(H,37,38)/t18?,19?,20?,21?,22?,23?,26-,27-,28?,29-,32-/m1/s1. The zero-order chi connectivity index (χ0) is 30.3. The number of carboxylic acid groups (broad SMARTS) is 2. The Morgan fingerprint density at radius 1 is 1.12 bits per heavy atom. The minimum absolute atomic E-state index is 0.00369. The summed E-state index contributed by atoms with van der Waals surface area (Å²) in [5, 5.41) is 20.0. The zero-order valence-corrected chi connectivity index (χ0v) is 25.7. The van der Waals surface area contributed by atoms with Gasteiger partial charge in [0.15, 0.2) is 5.78 Å². The van der Waals surface area contributed by atoms with Crippen molar-refractivity contribution in [2.45, 2.75) is 70.6 Å². The largest absolute Gasteiger partial charge is 0.506 e. The highest BCUT2D eigenvalue weighted by Gasteiger charge is 2.64. The maximum Gasteiger partial charge on any atom is 0.506 e. The summed E-state index contributed by atoms with van der Waals surface area (Å²) in [5.74, 6) is -1.55. The summed E-state index contributed by atoms with van der Waals surface area (Å²) in [6, 6.07) is -0.00369. The number of ketones is 1. The van der Waals surface area contributed by atoms with Crippen LogP contribution in [0, 0.1) is 52.8 Å². The van der Waals surface area contributed by atoms with Crippen LogP contribution in [-0.4, -0.2) is 98.9 Å². The van der Waals surface area contributed by atoms with Gasteiger partial charge in [0.05, 0.1) is 44.5 Å². The van der Waals surface area contributed by atoms with Gasteiger partial charge in [-0.2, -0.15) is 0 Å². The Balaban J connectivity index is 1.47. The number of hydrogen-bond acceptors (Lipinski definition) is 8. The quantitative estimate of drug-likeness (QED) is 0.360. The Bertz CT molecular complexity index is 1060. The monoisotopic (exact) mass is 591 g/mol. The Hall–Kier alpha value is -2.01. The van der Waals surface area contributed by atoms with Crippen molar-refractivity contribution in [1.29, 1.82) is 0 Å². The first-order chi connectivity index (χ1) is 20.0. The van der Waals surface area contributed by atoms with E-state index in [1.807, 2.05) is 19.0 Å². The van der Waals surface area contributed by atoms with Crippen molar-refractivity contribution in [1.82, 2.24) is 4.90 Å². The maximum absolute atomic E-state index is 13.9. The summed E-state index contributed by atoms with van der Waals surface area (Å²) in [6.07, 6.45) is 3.94. The summed E-state index contributed by atoms with van der Waals surface area (Å²) >= 11 is 0. The highest BCUT2D eigenvalue weighted by Crippen LogP contribution is 2.64. The normalized spacial score (nSPS) is 40.0. The molecule has 1 heterocycles. The van der Waals surface area contributed by atoms with E-state index in [9.17, 15) is 24.6 Å². The van der Waals surface area contributed by atoms with Crippen molar-refractivity contribution in [3.05, 3.63) is 11.6 Å². The third-order valence-electron chi connectivity index (χ3n) is 11.3. The van der Waals surface area contributed by atoms with E-state index in [4.69, 9.17) is 18.9 Å². The molecule has 42 heavy (non-hydrogen) atoms. The van der Waals surface area contributed by atoms with Gasteiger partial charge in [-0.05, 0) is 88.3 Å². The van der Waals surface area contributed by atoms with Crippen LogP contribution in [0.15, 0.2) is 11.6 Å². The van der Waals surface area contributed by atoms with Crippen LogP contribution in [0.2, 0.25) is 0 Å². The van der Waals surface area contributed by atoms with Gasteiger partial charge in [-0.25, -0.2) is 4.79 Å². The van der Waals surface area contributed by atoms with Crippen LogP contribution >= 0.6 is 0 Å². The second-order valence-electron chi connectivity index (χ2n) is 14.1. The fraction of sp³-hybridized carbons (Fsp3) is 0.844. The zero-order valence-electron chi connectivity index (χ0n) is 25.7. The van der Waals surface area contributed by atoms with Gasteiger partial charge in [0.25, 0.3) is 0 Å². The highest BCUT2D eigenvalue weighted by molar-refractivity contribution is 5.97. The van der Waals surface area contributed by atoms with E-state index in [1.54, 1.807) is 13.2 Å². The molecule has 0 aromatic rings. The topological polar surface area (TPSA) is 132 Å². The van der Waals surface area contributed by atoms with Crippen molar-refractivity contribution in [3.8, 4) is 0 Å². The molecular formula is C32H49NO9. The van der Waals surface area contributed by atoms with Gasteiger partial charge in [-0.15, -0.1) is 0 Å². The summed E-state index contributed by atoms with van der Waals surface area (Å²) in [4.78, 5) is 40.5. The van der Waals surface area contributed by atoms with E-state index in [0.717, 1.165) is 37.7 Å². The number of hydrogen-bond donors (Lipinski definition) is 2. The Labute approximate surface area is 249 Å². The molecule has 0 radical (unpaired) electrons. The van der Waals surface area contributed by atoms with Crippen LogP contribution in [0.3, 0.4) is 0 Å². The summed E-state index contributed by atoms with van der Waals surface area (Å²) in [6.45, 7) is 5.92. The fourth-order valence-corrected chi connectivity index (χ4v) is 9.65. The van der Waals surface area contributed by atoms with Crippen molar-refractivity contribution >= 4 is 17.9 Å². The van der Waals surface area contributed by atoms with Crippen LogP contribution in [0.1, 0.15) is 52.4 Å². The average Bonchev–Trinajstić information content (AvgIpc) is 2.91. The number of nitrogens with zero attached hydrogens (tertiary/aromatic N) is 1. The molecule has 2 N–H and O–H groups in total. The molecule has 2 bridgehead atoms. The highest BCUT2D eigenvalue weighted by atomic mass is 16.7. The summed E-state index contributed by atoms with van der Waals surface area (Å²) in [7, 11) is 5.56. The van der Waals surface area contributed by atoms with Gasteiger partial charge < -0.3 is 34.1 Å². The molecule has 10 heteroatoms. The number of methoxy groups -OCH3 is 1. The number of carboxylic acids is 1. The Morgan fingerprint density at radius 3 is 2.52 bits per heavy atom. The number of aliphatic carboxylic acids is 1. The number of carbonyl (C=O) groups excluding carboxylic acids is 1. The lowest BCUT2D eigenvalue weighted by Crippen LogP contribution is -2.64. The molecule has 3 saturated carbocycles. The second-order valence-corrected chi connectivity index (χ2v) is 14.1. The SMILES string of the molecule is COCC(CO[C@@H]1C2COC[C@@]3(C[C@H]1OC(=O)O)C1=CC(=O)C4C(CCC(CC(C)C)[C@H]4C(=O)O)C1CCC23)N(C)C. The molecule has 10 nitrogen and oxygen atoms in total. The van der Waals surface area contributed by atoms with Crippen molar-refractivity contribution < 1.29 is 43.5 Å². The number of carbonyl (C=O) groups is 3. The second kappa shape index (κ2) is 12.5. The predicted molar refractivity (Wildman–Crippen MR) is 153 cm³/mol. The van der Waals surface area contributed by atoms with Gasteiger partial charge in [-0.1, -0.05) is 19.4 Å². The third kappa shape index (κ3) is 5.64. The molecule has 0 amide bonds. The van der Waals surface area contributed by atoms with E-state index in [1.165, 1.54) is 0 Å². The lowest BCUT2D eigenvalue weighted by Gasteiger charge is -2.62. The predicted octanol–water partition coefficient (Wildman–Crippen LogP) is 3.97. The first-order valence-corrected chi connectivity index (χ1v) is 15.7. The van der Waals surface area contributed by atoms with Crippen LogP contribution in [-0.2, 0) is 28.5 Å². The lowest BCUT2D eigenvalue weighted by atomic mass is 9.45. The van der Waals surface area contributed by atoms with Gasteiger partial charge in [0.2, 0.25) is 0 Å². The molecule has 1 saturated heterocycles. The number of fused-ring (bicyclic) bond motifs is 3. The number of allylic oxidation sites excluding steroid dienone is 1. The van der Waals surface area contributed by atoms with E-state index < -0.39 is 41.6 Å². The fourth-order valence-electron chi connectivity index (χ4n) is 9.65. The Morgan fingerprint density at radius 2 is 1.88 bits per heavy atom. The lowest BCUT2D eigenvalue weighted by molar-refractivity contribution is -0.220. The van der Waals surface area contributed by atoms with Crippen molar-refractivity contribution in [2.24, 2.45) is 52.8 Å². The minimum Gasteiger partial charge on any atom is -0.481 e. The number of rotatable bonds is 10. The van der Waals surface area contributed by atoms with Gasteiger partial charge in [-0.3, -0.25) is 9.59 Å². The van der Waals surface area contributed by atoms with E-state index in [0.29, 0.717) is 38.8 Å². The van der Waals surface area contributed by atoms with E-state index in [-0.39, 0.29) is 41.4 Å². The summed E-state index contributed by atoms with van der Waals surface area (Å²) in [5.41, 5.74) is 0.525. The molecule has 7 unspecified atom stereocenters.